The van der Waals surface area contributed by atoms with E-state index in [0.29, 0.717) is 0 Å². The largest absolute Gasteiger partial charge is 0.324 e. The summed E-state index contributed by atoms with van der Waals surface area (Å²) in [7, 11) is 0. The number of hydrogen-bond acceptors (Lipinski definition) is 1. The zero-order valence-electron chi connectivity index (χ0n) is 10.8. The third kappa shape index (κ3) is 4.01. The minimum atomic E-state index is 0.182. The van der Waals surface area contributed by atoms with Gasteiger partial charge in [-0.2, -0.15) is 0 Å². The fourth-order valence-electron chi connectivity index (χ4n) is 2.20. The molecule has 0 aliphatic carbocycles. The summed E-state index contributed by atoms with van der Waals surface area (Å²) in [5, 5.41) is 0. The van der Waals surface area contributed by atoms with Gasteiger partial charge >= 0.3 is 0 Å². The zero-order chi connectivity index (χ0) is 12.6. The molecular weight excluding hydrogens is 218 g/mol. The molecule has 0 aliphatic rings. The molecule has 0 fully saturated rings. The summed E-state index contributed by atoms with van der Waals surface area (Å²) < 4.78 is 0. The molecule has 0 unspecified atom stereocenters. The molecule has 0 aliphatic heterocycles. The normalized spacial score (nSPS) is 12.3. The quantitative estimate of drug-likeness (QED) is 0.755. The minimum absolute atomic E-state index is 0.182. The summed E-state index contributed by atoms with van der Waals surface area (Å²) in [5.41, 5.74) is 8.84. The highest BCUT2D eigenvalue weighted by Crippen LogP contribution is 2.17. The summed E-state index contributed by atoms with van der Waals surface area (Å²) in [5.74, 6) is 0. The fourth-order valence-corrected chi connectivity index (χ4v) is 2.20. The van der Waals surface area contributed by atoms with Crippen LogP contribution in [-0.2, 0) is 6.42 Å². The van der Waals surface area contributed by atoms with E-state index in [-0.39, 0.29) is 6.04 Å². The molecular formula is C17H21N. The number of benzene rings is 2. The molecule has 18 heavy (non-hydrogen) atoms. The molecule has 0 saturated carbocycles. The van der Waals surface area contributed by atoms with E-state index in [1.54, 1.807) is 0 Å². The average Bonchev–Trinajstić information content (AvgIpc) is 2.45. The van der Waals surface area contributed by atoms with Gasteiger partial charge in [0.05, 0.1) is 0 Å². The molecule has 0 heterocycles. The molecule has 0 spiro atoms. The van der Waals surface area contributed by atoms with E-state index in [1.807, 2.05) is 6.07 Å². The Balaban J connectivity index is 1.70. The first-order chi connectivity index (χ1) is 8.86. The first-order valence-corrected chi connectivity index (χ1v) is 6.71. The van der Waals surface area contributed by atoms with Crippen molar-refractivity contribution in [3.63, 3.8) is 0 Å². The smallest absolute Gasteiger partial charge is 0.0294 e. The molecule has 0 aromatic heterocycles. The number of aryl methyl sites for hydroxylation is 1. The van der Waals surface area contributed by atoms with Crippen LogP contribution in [0.25, 0.3) is 0 Å². The molecule has 94 valence electrons. The van der Waals surface area contributed by atoms with Crippen molar-refractivity contribution in [1.29, 1.82) is 0 Å². The predicted molar refractivity (Wildman–Crippen MR) is 77.4 cm³/mol. The first kappa shape index (κ1) is 12.8. The van der Waals surface area contributed by atoms with Crippen LogP contribution < -0.4 is 5.73 Å². The maximum atomic E-state index is 6.17. The molecule has 0 amide bonds. The van der Waals surface area contributed by atoms with Crippen LogP contribution in [0.5, 0.6) is 0 Å². The molecule has 2 aromatic rings. The summed E-state index contributed by atoms with van der Waals surface area (Å²) in [6.45, 7) is 0. The van der Waals surface area contributed by atoms with Gasteiger partial charge in [0.2, 0.25) is 0 Å². The Morgan fingerprint density at radius 1 is 0.778 bits per heavy atom. The summed E-state index contributed by atoms with van der Waals surface area (Å²) in [6, 6.07) is 21.2. The van der Waals surface area contributed by atoms with E-state index < -0.39 is 0 Å². The van der Waals surface area contributed by atoms with Gasteiger partial charge < -0.3 is 5.73 Å². The van der Waals surface area contributed by atoms with Crippen molar-refractivity contribution in [2.75, 3.05) is 0 Å². The molecule has 0 radical (unpaired) electrons. The zero-order valence-corrected chi connectivity index (χ0v) is 10.8. The standard InChI is InChI=1S/C17H21N/c18-17(16-12-5-2-6-13-16)14-8-7-11-15-9-3-1-4-10-15/h1-6,9-10,12-13,17H,7-8,11,14,18H2/t17-/m1/s1. The Kier molecular flexibility index (Phi) is 4.98. The molecule has 0 saturated heterocycles. The molecule has 2 rings (SSSR count). The maximum Gasteiger partial charge on any atom is 0.0294 e. The second-order valence-electron chi connectivity index (χ2n) is 4.75. The van der Waals surface area contributed by atoms with Crippen LogP contribution in [-0.4, -0.2) is 0 Å². The monoisotopic (exact) mass is 239 g/mol. The number of hydrogen-bond donors (Lipinski definition) is 1. The van der Waals surface area contributed by atoms with Gasteiger partial charge in [-0.1, -0.05) is 67.1 Å². The molecule has 1 nitrogen and oxygen atoms in total. The van der Waals surface area contributed by atoms with Crippen molar-refractivity contribution in [3.8, 4) is 0 Å². The van der Waals surface area contributed by atoms with E-state index >= 15 is 0 Å². The van der Waals surface area contributed by atoms with E-state index in [2.05, 4.69) is 54.6 Å². The van der Waals surface area contributed by atoms with E-state index in [0.717, 1.165) is 12.8 Å². The Labute approximate surface area is 110 Å². The molecule has 0 bridgehead atoms. The van der Waals surface area contributed by atoms with Crippen LogP contribution in [0.1, 0.15) is 36.4 Å². The van der Waals surface area contributed by atoms with Gasteiger partial charge in [-0.25, -0.2) is 0 Å². The third-order valence-electron chi connectivity index (χ3n) is 3.30. The van der Waals surface area contributed by atoms with Crippen molar-refractivity contribution in [1.82, 2.24) is 0 Å². The first-order valence-electron chi connectivity index (χ1n) is 6.71. The van der Waals surface area contributed by atoms with E-state index in [1.165, 1.54) is 24.0 Å². The van der Waals surface area contributed by atoms with E-state index in [4.69, 9.17) is 5.73 Å². The molecule has 2 aromatic carbocycles. The van der Waals surface area contributed by atoms with Crippen molar-refractivity contribution in [2.45, 2.75) is 31.7 Å². The topological polar surface area (TPSA) is 26.0 Å². The molecule has 1 heteroatoms. The highest BCUT2D eigenvalue weighted by molar-refractivity contribution is 5.18. The van der Waals surface area contributed by atoms with Crippen molar-refractivity contribution in [3.05, 3.63) is 71.8 Å². The number of unbranched alkanes of at least 4 members (excludes halogenated alkanes) is 1. The van der Waals surface area contributed by atoms with Crippen LogP contribution in [0.4, 0.5) is 0 Å². The van der Waals surface area contributed by atoms with Crippen LogP contribution >= 0.6 is 0 Å². The number of rotatable bonds is 6. The van der Waals surface area contributed by atoms with Crippen molar-refractivity contribution >= 4 is 0 Å². The Morgan fingerprint density at radius 3 is 2.06 bits per heavy atom. The van der Waals surface area contributed by atoms with Crippen LogP contribution in [0, 0.1) is 0 Å². The van der Waals surface area contributed by atoms with Gasteiger partial charge in [0.1, 0.15) is 0 Å². The van der Waals surface area contributed by atoms with Crippen molar-refractivity contribution in [2.24, 2.45) is 5.73 Å². The maximum absolute atomic E-state index is 6.17. The summed E-state index contributed by atoms with van der Waals surface area (Å²) >= 11 is 0. The lowest BCUT2D eigenvalue weighted by Gasteiger charge is -2.11. The van der Waals surface area contributed by atoms with Crippen LogP contribution in [0.2, 0.25) is 0 Å². The second kappa shape index (κ2) is 6.97. The van der Waals surface area contributed by atoms with Gasteiger partial charge in [0.15, 0.2) is 0 Å². The minimum Gasteiger partial charge on any atom is -0.324 e. The van der Waals surface area contributed by atoms with Gasteiger partial charge in [-0.15, -0.1) is 0 Å². The fraction of sp³-hybridized carbons (Fsp3) is 0.294. The lowest BCUT2D eigenvalue weighted by Crippen LogP contribution is -2.09. The van der Waals surface area contributed by atoms with Gasteiger partial charge in [0, 0.05) is 6.04 Å². The Morgan fingerprint density at radius 2 is 1.39 bits per heavy atom. The van der Waals surface area contributed by atoms with Gasteiger partial charge in [-0.3, -0.25) is 0 Å². The van der Waals surface area contributed by atoms with Crippen LogP contribution in [0.15, 0.2) is 60.7 Å². The Hall–Kier alpha value is -1.60. The lowest BCUT2D eigenvalue weighted by atomic mass is 10.00. The highest BCUT2D eigenvalue weighted by Gasteiger charge is 2.04. The summed E-state index contributed by atoms with van der Waals surface area (Å²) in [4.78, 5) is 0. The average molecular weight is 239 g/mol. The van der Waals surface area contributed by atoms with Gasteiger partial charge in [-0.05, 0) is 30.4 Å². The Bertz CT molecular complexity index is 436. The highest BCUT2D eigenvalue weighted by atomic mass is 14.6. The number of nitrogens with two attached hydrogens (primary N) is 1. The predicted octanol–water partition coefficient (Wildman–Crippen LogP) is 4.10. The van der Waals surface area contributed by atoms with Crippen molar-refractivity contribution < 1.29 is 0 Å². The van der Waals surface area contributed by atoms with E-state index in [9.17, 15) is 0 Å². The lowest BCUT2D eigenvalue weighted by molar-refractivity contribution is 0.586. The molecule has 1 atom stereocenters. The second-order valence-corrected chi connectivity index (χ2v) is 4.75. The molecule has 2 N–H and O–H groups in total. The van der Waals surface area contributed by atoms with Gasteiger partial charge in [0.25, 0.3) is 0 Å². The third-order valence-corrected chi connectivity index (χ3v) is 3.30. The SMILES string of the molecule is N[C@H](CCCCc1ccccc1)c1ccccc1. The van der Waals surface area contributed by atoms with Crippen LogP contribution in [0.3, 0.4) is 0 Å². The summed E-state index contributed by atoms with van der Waals surface area (Å²) in [6.07, 6.45) is 4.62.